The molecule has 0 radical (unpaired) electrons. The van der Waals surface area contributed by atoms with Crippen molar-refractivity contribution < 1.29 is 4.92 Å². The van der Waals surface area contributed by atoms with Crippen LogP contribution in [0.5, 0.6) is 0 Å². The summed E-state index contributed by atoms with van der Waals surface area (Å²) in [7, 11) is 4.23. The van der Waals surface area contributed by atoms with Crippen LogP contribution in [0.25, 0.3) is 11.0 Å². The molecule has 17 heavy (non-hydrogen) atoms. The number of nitro groups is 1. The summed E-state index contributed by atoms with van der Waals surface area (Å²) in [5.74, 6) is -0.224. The van der Waals surface area contributed by atoms with Gasteiger partial charge in [0.25, 0.3) is 0 Å². The van der Waals surface area contributed by atoms with Crippen molar-refractivity contribution in [3.63, 3.8) is 0 Å². The van der Waals surface area contributed by atoms with Crippen LogP contribution in [-0.4, -0.2) is 18.6 Å². The molecule has 0 saturated heterocycles. The summed E-state index contributed by atoms with van der Waals surface area (Å²) in [6.07, 6.45) is 0. The highest BCUT2D eigenvalue weighted by Crippen LogP contribution is 2.19. The van der Waals surface area contributed by atoms with Gasteiger partial charge in [0.05, 0.1) is 13.1 Å². The molecule has 2 aromatic heterocycles. The third kappa shape index (κ3) is 1.30. The highest BCUT2D eigenvalue weighted by atomic mass is 16.6. The number of nitrogens with zero attached hydrogens (tertiary/aromatic N) is 4. The van der Waals surface area contributed by atoms with E-state index in [1.54, 1.807) is 0 Å². The van der Waals surface area contributed by atoms with E-state index in [-0.39, 0.29) is 16.9 Å². The van der Waals surface area contributed by atoms with Crippen molar-refractivity contribution in [1.29, 1.82) is 0 Å². The Hall–Kier alpha value is -2.38. The van der Waals surface area contributed by atoms with Gasteiger partial charge in [0, 0.05) is 14.1 Å². The average molecular weight is 238 g/mol. The normalized spacial score (nSPS) is 11.0. The quantitative estimate of drug-likeness (QED) is 0.493. The molecule has 90 valence electrons. The van der Waals surface area contributed by atoms with E-state index in [2.05, 4.69) is 0 Å². The second kappa shape index (κ2) is 3.30. The lowest BCUT2D eigenvalue weighted by Gasteiger charge is -2.01. The van der Waals surface area contributed by atoms with Crippen molar-refractivity contribution in [3.05, 3.63) is 37.0 Å². The van der Waals surface area contributed by atoms with Gasteiger partial charge in [-0.15, -0.1) is 0 Å². The number of hydrogen-bond acceptors (Lipinski definition) is 4. The fourth-order valence-corrected chi connectivity index (χ4v) is 1.83. The second-order valence-corrected chi connectivity index (χ2v) is 3.76. The highest BCUT2D eigenvalue weighted by Gasteiger charge is 2.22. The average Bonchev–Trinajstić information content (AvgIpc) is 2.62. The van der Waals surface area contributed by atoms with Gasteiger partial charge in [0.2, 0.25) is 5.52 Å². The van der Waals surface area contributed by atoms with E-state index in [4.69, 9.17) is 0 Å². The van der Waals surface area contributed by atoms with Crippen molar-refractivity contribution in [2.24, 2.45) is 21.1 Å². The van der Waals surface area contributed by atoms with Gasteiger partial charge in [0.15, 0.2) is 0 Å². The Labute approximate surface area is 94.5 Å². The van der Waals surface area contributed by atoms with E-state index in [9.17, 15) is 19.7 Å². The molecule has 0 N–H and O–H groups in total. The summed E-state index contributed by atoms with van der Waals surface area (Å²) in [6, 6.07) is 1.22. The van der Waals surface area contributed by atoms with Crippen LogP contribution in [0.3, 0.4) is 0 Å². The van der Waals surface area contributed by atoms with Crippen LogP contribution in [-0.2, 0) is 21.1 Å². The van der Waals surface area contributed by atoms with Crippen LogP contribution in [0, 0.1) is 10.1 Å². The Kier molecular flexibility index (Phi) is 2.16. The monoisotopic (exact) mass is 238 g/mol. The molecule has 8 nitrogen and oxygen atoms in total. The Bertz CT molecular complexity index is 749. The first-order chi connectivity index (χ1) is 7.86. The SMILES string of the molecule is Cn1c(=O)c2c(cc([N+](=O)[O-])n2C)n(C)c1=O. The first-order valence-electron chi connectivity index (χ1n) is 4.76. The molecule has 0 aliphatic rings. The number of fused-ring (bicyclic) bond motifs is 1. The number of aromatic nitrogens is 3. The molecule has 2 heterocycles. The molecule has 0 bridgehead atoms. The molecular formula is C9H10N4O4. The van der Waals surface area contributed by atoms with E-state index < -0.39 is 16.2 Å². The first kappa shape index (κ1) is 11.1. The van der Waals surface area contributed by atoms with E-state index in [1.807, 2.05) is 0 Å². The van der Waals surface area contributed by atoms with Crippen LogP contribution < -0.4 is 11.2 Å². The summed E-state index contributed by atoms with van der Waals surface area (Å²) in [5, 5.41) is 10.8. The number of rotatable bonds is 1. The molecule has 2 rings (SSSR count). The standard InChI is InChI=1S/C9H10N4O4/c1-10-5-4-6(13(16)17)11(2)7(5)8(14)12(3)9(10)15/h4H,1-3H3. The van der Waals surface area contributed by atoms with Crippen molar-refractivity contribution in [2.45, 2.75) is 0 Å². The third-order valence-electron chi connectivity index (χ3n) is 2.82. The van der Waals surface area contributed by atoms with Gasteiger partial charge >= 0.3 is 17.1 Å². The van der Waals surface area contributed by atoms with Crippen molar-refractivity contribution in [3.8, 4) is 0 Å². The first-order valence-corrected chi connectivity index (χ1v) is 4.76. The van der Waals surface area contributed by atoms with E-state index in [1.165, 1.54) is 36.3 Å². The summed E-state index contributed by atoms with van der Waals surface area (Å²) < 4.78 is 3.31. The van der Waals surface area contributed by atoms with Gasteiger partial charge in [0.1, 0.15) is 5.52 Å². The van der Waals surface area contributed by atoms with Gasteiger partial charge in [-0.1, -0.05) is 0 Å². The summed E-state index contributed by atoms with van der Waals surface area (Å²) in [6.45, 7) is 0. The Morgan fingerprint density at radius 2 is 1.71 bits per heavy atom. The van der Waals surface area contributed by atoms with Crippen LogP contribution in [0.1, 0.15) is 0 Å². The van der Waals surface area contributed by atoms with Crippen molar-refractivity contribution in [1.82, 2.24) is 13.7 Å². The zero-order valence-electron chi connectivity index (χ0n) is 9.50. The van der Waals surface area contributed by atoms with E-state index >= 15 is 0 Å². The fourth-order valence-electron chi connectivity index (χ4n) is 1.83. The van der Waals surface area contributed by atoms with Gasteiger partial charge in [-0.05, 0) is 4.92 Å². The van der Waals surface area contributed by atoms with Gasteiger partial charge in [-0.2, -0.15) is 0 Å². The molecular weight excluding hydrogens is 228 g/mol. The second-order valence-electron chi connectivity index (χ2n) is 3.76. The molecule has 8 heteroatoms. The fraction of sp³-hybridized carbons (Fsp3) is 0.333. The molecule has 0 fully saturated rings. The topological polar surface area (TPSA) is 92.1 Å². The van der Waals surface area contributed by atoms with Gasteiger partial charge in [-0.3, -0.25) is 13.9 Å². The largest absolute Gasteiger partial charge is 0.358 e. The minimum atomic E-state index is -0.593. The third-order valence-corrected chi connectivity index (χ3v) is 2.82. The highest BCUT2D eigenvalue weighted by molar-refractivity contribution is 5.78. The van der Waals surface area contributed by atoms with Crippen LogP contribution in [0.4, 0.5) is 5.82 Å². The lowest BCUT2D eigenvalue weighted by molar-refractivity contribution is -0.391. The molecule has 0 amide bonds. The van der Waals surface area contributed by atoms with Crippen molar-refractivity contribution in [2.75, 3.05) is 0 Å². The lowest BCUT2D eigenvalue weighted by Crippen LogP contribution is -2.37. The minimum absolute atomic E-state index is 0.140. The summed E-state index contributed by atoms with van der Waals surface area (Å²) in [4.78, 5) is 33.7. The summed E-state index contributed by atoms with van der Waals surface area (Å²) in [5.41, 5.74) is -0.657. The molecule has 2 aromatic rings. The minimum Gasteiger partial charge on any atom is -0.358 e. The molecule has 0 aliphatic heterocycles. The lowest BCUT2D eigenvalue weighted by atomic mass is 10.4. The molecule has 0 aromatic carbocycles. The van der Waals surface area contributed by atoms with Gasteiger partial charge < -0.3 is 10.1 Å². The molecule has 0 unspecified atom stereocenters. The zero-order valence-corrected chi connectivity index (χ0v) is 9.50. The molecule has 0 saturated carbocycles. The van der Waals surface area contributed by atoms with Crippen LogP contribution >= 0.6 is 0 Å². The Morgan fingerprint density at radius 1 is 1.12 bits per heavy atom. The van der Waals surface area contributed by atoms with Crippen molar-refractivity contribution >= 4 is 16.9 Å². The zero-order chi connectivity index (χ0) is 12.9. The molecule has 0 spiro atoms. The van der Waals surface area contributed by atoms with E-state index in [0.29, 0.717) is 0 Å². The maximum absolute atomic E-state index is 11.9. The molecule has 0 atom stereocenters. The Balaban J connectivity index is 3.14. The number of hydrogen-bond donors (Lipinski definition) is 0. The summed E-state index contributed by atoms with van der Waals surface area (Å²) >= 11 is 0. The maximum Gasteiger partial charge on any atom is 0.331 e. The number of aryl methyl sites for hydroxylation is 2. The maximum atomic E-state index is 11.9. The predicted octanol–water partition coefficient (Wildman–Crippen LogP) is -0.516. The predicted molar refractivity (Wildman–Crippen MR) is 60.1 cm³/mol. The van der Waals surface area contributed by atoms with Gasteiger partial charge in [-0.25, -0.2) is 9.36 Å². The van der Waals surface area contributed by atoms with Crippen LogP contribution in [0.15, 0.2) is 15.7 Å². The van der Waals surface area contributed by atoms with E-state index in [0.717, 1.165) is 4.57 Å². The molecule has 0 aliphatic carbocycles. The smallest absolute Gasteiger partial charge is 0.331 e. The van der Waals surface area contributed by atoms with Crippen LogP contribution in [0.2, 0.25) is 0 Å². The Morgan fingerprint density at radius 3 is 2.24 bits per heavy atom.